The van der Waals surface area contributed by atoms with Crippen LogP contribution in [-0.2, 0) is 9.53 Å². The minimum Gasteiger partial charge on any atom is -0.383 e. The van der Waals surface area contributed by atoms with Crippen LogP contribution >= 0.6 is 11.8 Å². The lowest BCUT2D eigenvalue weighted by Crippen LogP contribution is -2.36. The molecular weight excluding hydrogens is 352 g/mol. The van der Waals surface area contributed by atoms with Gasteiger partial charge in [0.05, 0.1) is 18.5 Å². The minimum absolute atomic E-state index is 0.140. The Labute approximate surface area is 156 Å². The summed E-state index contributed by atoms with van der Waals surface area (Å²) in [6.07, 6.45) is 0. The first kappa shape index (κ1) is 18.3. The topological polar surface area (TPSA) is 119 Å². The SMILES string of the molecule is C[C@@H](Sc1nc(N)cc(N)n1)C(=O)Nc1ccc(N2CCOCC2)cc1. The molecule has 0 radical (unpaired) electrons. The summed E-state index contributed by atoms with van der Waals surface area (Å²) in [5, 5.41) is 2.89. The summed E-state index contributed by atoms with van der Waals surface area (Å²) in [5.74, 6) is 0.427. The molecular formula is C17H22N6O2S. The number of hydrogen-bond donors (Lipinski definition) is 3. The van der Waals surface area contributed by atoms with Gasteiger partial charge in [-0.15, -0.1) is 0 Å². The van der Waals surface area contributed by atoms with E-state index in [1.807, 2.05) is 24.3 Å². The van der Waals surface area contributed by atoms with Gasteiger partial charge in [0.15, 0.2) is 5.16 Å². The van der Waals surface area contributed by atoms with E-state index in [1.165, 1.54) is 17.8 Å². The van der Waals surface area contributed by atoms with Gasteiger partial charge in [-0.1, -0.05) is 11.8 Å². The van der Waals surface area contributed by atoms with Crippen LogP contribution in [0.4, 0.5) is 23.0 Å². The molecule has 1 aromatic carbocycles. The third-order valence-electron chi connectivity index (χ3n) is 3.91. The number of aromatic nitrogens is 2. The van der Waals surface area contributed by atoms with E-state index in [0.29, 0.717) is 5.16 Å². The van der Waals surface area contributed by atoms with Gasteiger partial charge in [-0.3, -0.25) is 4.79 Å². The van der Waals surface area contributed by atoms with Crippen LogP contribution in [0.3, 0.4) is 0 Å². The summed E-state index contributed by atoms with van der Waals surface area (Å²) >= 11 is 1.21. The van der Waals surface area contributed by atoms with Crippen molar-refractivity contribution >= 4 is 40.7 Å². The molecule has 0 bridgehead atoms. The number of morpholine rings is 1. The number of nitrogen functional groups attached to an aromatic ring is 2. The molecule has 2 heterocycles. The molecule has 0 spiro atoms. The van der Waals surface area contributed by atoms with Crippen molar-refractivity contribution < 1.29 is 9.53 Å². The van der Waals surface area contributed by atoms with Gasteiger partial charge in [0.2, 0.25) is 5.91 Å². The number of rotatable bonds is 5. The summed E-state index contributed by atoms with van der Waals surface area (Å²) < 4.78 is 5.36. The lowest BCUT2D eigenvalue weighted by molar-refractivity contribution is -0.115. The van der Waals surface area contributed by atoms with Crippen molar-refractivity contribution in [3.8, 4) is 0 Å². The van der Waals surface area contributed by atoms with Gasteiger partial charge in [0.1, 0.15) is 11.6 Å². The molecule has 1 atom stereocenters. The van der Waals surface area contributed by atoms with Crippen LogP contribution in [0.5, 0.6) is 0 Å². The first-order chi connectivity index (χ1) is 12.5. The molecule has 5 N–H and O–H groups in total. The maximum atomic E-state index is 12.4. The van der Waals surface area contributed by atoms with E-state index in [2.05, 4.69) is 20.2 Å². The van der Waals surface area contributed by atoms with Gasteiger partial charge in [-0.05, 0) is 31.2 Å². The highest BCUT2D eigenvalue weighted by Gasteiger charge is 2.17. The van der Waals surface area contributed by atoms with E-state index in [9.17, 15) is 4.79 Å². The largest absolute Gasteiger partial charge is 0.383 e. The van der Waals surface area contributed by atoms with Crippen LogP contribution in [0.2, 0.25) is 0 Å². The quantitative estimate of drug-likeness (QED) is 0.533. The highest BCUT2D eigenvalue weighted by molar-refractivity contribution is 8.00. The third kappa shape index (κ3) is 4.77. The molecule has 2 aromatic rings. The Morgan fingerprint density at radius 1 is 1.19 bits per heavy atom. The Bertz CT molecular complexity index is 744. The van der Waals surface area contributed by atoms with Gasteiger partial charge in [0, 0.05) is 30.5 Å². The fourth-order valence-electron chi connectivity index (χ4n) is 2.55. The molecule has 0 saturated carbocycles. The fourth-order valence-corrected chi connectivity index (χ4v) is 3.35. The van der Waals surface area contributed by atoms with Crippen molar-refractivity contribution in [1.82, 2.24) is 9.97 Å². The van der Waals surface area contributed by atoms with Crippen molar-refractivity contribution in [1.29, 1.82) is 0 Å². The number of amides is 1. The number of anilines is 4. The molecule has 9 heteroatoms. The second-order valence-electron chi connectivity index (χ2n) is 5.90. The Hall–Kier alpha value is -2.52. The monoisotopic (exact) mass is 374 g/mol. The Balaban J connectivity index is 1.58. The normalized spacial score (nSPS) is 15.5. The molecule has 3 rings (SSSR count). The van der Waals surface area contributed by atoms with Crippen LogP contribution in [0.25, 0.3) is 0 Å². The summed E-state index contributed by atoms with van der Waals surface area (Å²) in [4.78, 5) is 22.8. The number of carbonyl (C=O) groups is 1. The minimum atomic E-state index is -0.393. The maximum Gasteiger partial charge on any atom is 0.237 e. The van der Waals surface area contributed by atoms with E-state index in [0.717, 1.165) is 37.7 Å². The molecule has 1 aliphatic rings. The highest BCUT2D eigenvalue weighted by atomic mass is 32.2. The van der Waals surface area contributed by atoms with E-state index in [-0.39, 0.29) is 17.5 Å². The van der Waals surface area contributed by atoms with Gasteiger partial charge in [-0.25, -0.2) is 9.97 Å². The molecule has 138 valence electrons. The number of nitrogens with zero attached hydrogens (tertiary/aromatic N) is 3. The summed E-state index contributed by atoms with van der Waals surface area (Å²) in [6.45, 7) is 5.02. The van der Waals surface area contributed by atoms with Crippen molar-refractivity contribution in [2.45, 2.75) is 17.3 Å². The number of nitrogens with two attached hydrogens (primary N) is 2. The highest BCUT2D eigenvalue weighted by Crippen LogP contribution is 2.24. The lowest BCUT2D eigenvalue weighted by Gasteiger charge is -2.28. The number of nitrogens with one attached hydrogen (secondary N) is 1. The van der Waals surface area contributed by atoms with Crippen LogP contribution in [0.15, 0.2) is 35.5 Å². The van der Waals surface area contributed by atoms with Crippen LogP contribution in [0, 0.1) is 0 Å². The van der Waals surface area contributed by atoms with Gasteiger partial charge < -0.3 is 26.4 Å². The van der Waals surface area contributed by atoms with E-state index < -0.39 is 5.25 Å². The first-order valence-electron chi connectivity index (χ1n) is 8.31. The Kier molecular flexibility index (Phi) is 5.79. The number of hydrogen-bond acceptors (Lipinski definition) is 8. The van der Waals surface area contributed by atoms with Crippen molar-refractivity contribution in [3.05, 3.63) is 30.3 Å². The van der Waals surface area contributed by atoms with Gasteiger partial charge >= 0.3 is 0 Å². The van der Waals surface area contributed by atoms with Crippen LogP contribution < -0.4 is 21.7 Å². The fraction of sp³-hybridized carbons (Fsp3) is 0.353. The number of ether oxygens (including phenoxy) is 1. The number of thioether (sulfide) groups is 1. The van der Waals surface area contributed by atoms with Crippen LogP contribution in [-0.4, -0.2) is 47.4 Å². The number of benzene rings is 1. The zero-order chi connectivity index (χ0) is 18.5. The zero-order valence-electron chi connectivity index (χ0n) is 14.5. The van der Waals surface area contributed by atoms with E-state index in [1.54, 1.807) is 6.92 Å². The smallest absolute Gasteiger partial charge is 0.237 e. The predicted octanol–water partition coefficient (Wildman–Crippen LogP) is 1.60. The molecule has 1 saturated heterocycles. The maximum absolute atomic E-state index is 12.4. The molecule has 26 heavy (non-hydrogen) atoms. The lowest BCUT2D eigenvalue weighted by atomic mass is 10.2. The molecule has 1 aliphatic heterocycles. The summed E-state index contributed by atoms with van der Waals surface area (Å²) in [7, 11) is 0. The molecule has 0 aliphatic carbocycles. The molecule has 0 unspecified atom stereocenters. The standard InChI is InChI=1S/C17H22N6O2S/c1-11(26-17-21-14(18)10-15(19)22-17)16(24)20-12-2-4-13(5-3-12)23-6-8-25-9-7-23/h2-5,10-11H,6-9H2,1H3,(H,20,24)(H4,18,19,21,22)/t11-/m1/s1. The number of carbonyl (C=O) groups excluding carboxylic acids is 1. The second-order valence-corrected chi connectivity index (χ2v) is 7.20. The average molecular weight is 374 g/mol. The van der Waals surface area contributed by atoms with Crippen LogP contribution in [0.1, 0.15) is 6.92 Å². The Morgan fingerprint density at radius 3 is 2.42 bits per heavy atom. The van der Waals surface area contributed by atoms with Crippen molar-refractivity contribution in [2.24, 2.45) is 0 Å². The van der Waals surface area contributed by atoms with E-state index >= 15 is 0 Å². The summed E-state index contributed by atoms with van der Waals surface area (Å²) in [5.41, 5.74) is 13.2. The molecule has 8 nitrogen and oxygen atoms in total. The third-order valence-corrected chi connectivity index (χ3v) is 4.87. The first-order valence-corrected chi connectivity index (χ1v) is 9.19. The van der Waals surface area contributed by atoms with Gasteiger partial charge in [0.25, 0.3) is 0 Å². The molecule has 1 amide bonds. The second kappa shape index (κ2) is 8.24. The van der Waals surface area contributed by atoms with Crippen molar-refractivity contribution in [2.75, 3.05) is 48.0 Å². The molecule has 1 aromatic heterocycles. The average Bonchev–Trinajstić information content (AvgIpc) is 2.62. The van der Waals surface area contributed by atoms with Gasteiger partial charge in [-0.2, -0.15) is 0 Å². The predicted molar refractivity (Wildman–Crippen MR) is 104 cm³/mol. The Morgan fingerprint density at radius 2 is 1.81 bits per heavy atom. The van der Waals surface area contributed by atoms with Crippen molar-refractivity contribution in [3.63, 3.8) is 0 Å². The van der Waals surface area contributed by atoms with E-state index in [4.69, 9.17) is 16.2 Å². The zero-order valence-corrected chi connectivity index (χ0v) is 15.3. The summed E-state index contributed by atoms with van der Waals surface area (Å²) in [6, 6.07) is 9.27. The molecule has 1 fully saturated rings.